The zero-order valence-electron chi connectivity index (χ0n) is 12.0. The SMILES string of the molecule is CN(Cc1ccc(F)c(F)c1)c1nc2ccc([N+](=O)[O-])cc2s1. The summed E-state index contributed by atoms with van der Waals surface area (Å²) in [5.74, 6) is -1.78. The third kappa shape index (κ3) is 3.11. The van der Waals surface area contributed by atoms with Crippen molar-refractivity contribution in [1.29, 1.82) is 0 Å². The van der Waals surface area contributed by atoms with Gasteiger partial charge in [-0.3, -0.25) is 10.1 Å². The lowest BCUT2D eigenvalue weighted by atomic mass is 10.2. The highest BCUT2D eigenvalue weighted by Crippen LogP contribution is 2.31. The zero-order valence-corrected chi connectivity index (χ0v) is 12.8. The Kier molecular flexibility index (Phi) is 3.91. The molecule has 0 aliphatic heterocycles. The average Bonchev–Trinajstić information content (AvgIpc) is 2.94. The van der Waals surface area contributed by atoms with Gasteiger partial charge in [0.15, 0.2) is 16.8 Å². The first-order valence-electron chi connectivity index (χ1n) is 6.64. The van der Waals surface area contributed by atoms with Gasteiger partial charge in [0.05, 0.1) is 15.1 Å². The van der Waals surface area contributed by atoms with Crippen LogP contribution in [-0.4, -0.2) is 17.0 Å². The second-order valence-electron chi connectivity index (χ2n) is 5.01. The van der Waals surface area contributed by atoms with Crippen LogP contribution in [-0.2, 0) is 6.54 Å². The number of nitrogens with zero attached hydrogens (tertiary/aromatic N) is 3. The molecular formula is C15H11F2N3O2S. The maximum atomic E-state index is 13.2. The predicted octanol–water partition coefficient (Wildman–Crippen LogP) is 4.12. The summed E-state index contributed by atoms with van der Waals surface area (Å²) in [6.07, 6.45) is 0. The molecule has 1 aromatic heterocycles. The molecule has 3 rings (SSSR count). The molecule has 3 aromatic rings. The molecule has 0 fully saturated rings. The lowest BCUT2D eigenvalue weighted by Crippen LogP contribution is -2.16. The predicted molar refractivity (Wildman–Crippen MR) is 84.7 cm³/mol. The fraction of sp³-hybridized carbons (Fsp3) is 0.133. The lowest BCUT2D eigenvalue weighted by Gasteiger charge is -2.15. The molecule has 23 heavy (non-hydrogen) atoms. The number of benzene rings is 2. The molecule has 0 amide bonds. The lowest BCUT2D eigenvalue weighted by molar-refractivity contribution is -0.384. The monoisotopic (exact) mass is 335 g/mol. The molecule has 0 bridgehead atoms. The van der Waals surface area contributed by atoms with Gasteiger partial charge in [-0.25, -0.2) is 13.8 Å². The first-order valence-corrected chi connectivity index (χ1v) is 7.46. The summed E-state index contributed by atoms with van der Waals surface area (Å²) in [5.41, 5.74) is 1.28. The molecule has 2 aromatic carbocycles. The van der Waals surface area contributed by atoms with Crippen LogP contribution >= 0.6 is 11.3 Å². The summed E-state index contributed by atoms with van der Waals surface area (Å²) in [5, 5.41) is 11.4. The standard InChI is InChI=1S/C15H11F2N3O2S/c1-19(8-9-2-4-11(16)12(17)6-9)15-18-13-5-3-10(20(21)22)7-14(13)23-15/h2-7H,8H2,1H3. The van der Waals surface area contributed by atoms with Crippen molar-refractivity contribution in [2.75, 3.05) is 11.9 Å². The van der Waals surface area contributed by atoms with E-state index in [0.717, 1.165) is 12.1 Å². The van der Waals surface area contributed by atoms with Crippen LogP contribution in [0.3, 0.4) is 0 Å². The van der Waals surface area contributed by atoms with Crippen molar-refractivity contribution in [2.45, 2.75) is 6.54 Å². The van der Waals surface area contributed by atoms with Crippen molar-refractivity contribution in [1.82, 2.24) is 4.98 Å². The largest absolute Gasteiger partial charge is 0.347 e. The van der Waals surface area contributed by atoms with E-state index < -0.39 is 16.6 Å². The van der Waals surface area contributed by atoms with Crippen LogP contribution < -0.4 is 4.90 Å². The molecule has 0 saturated carbocycles. The fourth-order valence-corrected chi connectivity index (χ4v) is 3.12. The Morgan fingerprint density at radius 1 is 1.22 bits per heavy atom. The summed E-state index contributed by atoms with van der Waals surface area (Å²) in [6, 6.07) is 8.21. The zero-order chi connectivity index (χ0) is 16.6. The molecule has 118 valence electrons. The summed E-state index contributed by atoms with van der Waals surface area (Å²) in [7, 11) is 1.77. The fourth-order valence-electron chi connectivity index (χ4n) is 2.16. The van der Waals surface area contributed by atoms with Gasteiger partial charge in [-0.05, 0) is 23.8 Å². The summed E-state index contributed by atoms with van der Waals surface area (Å²) in [4.78, 5) is 16.5. The number of anilines is 1. The van der Waals surface area contributed by atoms with Gasteiger partial charge in [0.2, 0.25) is 0 Å². The number of halogens is 2. The number of hydrogen-bond donors (Lipinski definition) is 0. The Balaban J connectivity index is 1.86. The van der Waals surface area contributed by atoms with Crippen LogP contribution in [0.25, 0.3) is 10.2 Å². The third-order valence-electron chi connectivity index (χ3n) is 3.30. The maximum Gasteiger partial charge on any atom is 0.270 e. The van der Waals surface area contributed by atoms with Crippen LogP contribution in [0.1, 0.15) is 5.56 Å². The Bertz CT molecular complexity index is 898. The molecule has 0 aliphatic carbocycles. The average molecular weight is 335 g/mol. The highest BCUT2D eigenvalue weighted by molar-refractivity contribution is 7.22. The summed E-state index contributed by atoms with van der Waals surface area (Å²) in [6.45, 7) is 0.346. The molecule has 0 saturated heterocycles. The van der Waals surface area contributed by atoms with E-state index in [1.54, 1.807) is 18.0 Å². The van der Waals surface area contributed by atoms with Crippen molar-refractivity contribution in [3.05, 3.63) is 63.7 Å². The second kappa shape index (κ2) is 5.88. The number of nitro benzene ring substituents is 1. The van der Waals surface area contributed by atoms with Gasteiger partial charge in [0.1, 0.15) is 0 Å². The van der Waals surface area contributed by atoms with E-state index in [1.165, 1.54) is 29.5 Å². The van der Waals surface area contributed by atoms with Gasteiger partial charge in [-0.15, -0.1) is 0 Å². The topological polar surface area (TPSA) is 59.3 Å². The van der Waals surface area contributed by atoms with E-state index in [9.17, 15) is 18.9 Å². The van der Waals surface area contributed by atoms with Crippen molar-refractivity contribution in [3.8, 4) is 0 Å². The van der Waals surface area contributed by atoms with Gasteiger partial charge in [0, 0.05) is 25.7 Å². The third-order valence-corrected chi connectivity index (χ3v) is 4.43. The van der Waals surface area contributed by atoms with Gasteiger partial charge < -0.3 is 4.90 Å². The molecule has 0 radical (unpaired) electrons. The van der Waals surface area contributed by atoms with E-state index in [-0.39, 0.29) is 5.69 Å². The molecule has 8 heteroatoms. The molecule has 5 nitrogen and oxygen atoms in total. The molecule has 0 N–H and O–H groups in total. The molecule has 1 heterocycles. The van der Waals surface area contributed by atoms with Crippen LogP contribution in [0.2, 0.25) is 0 Å². The Morgan fingerprint density at radius 2 is 2.00 bits per heavy atom. The Labute approximate surface area is 134 Å². The molecule has 0 atom stereocenters. The van der Waals surface area contributed by atoms with Crippen molar-refractivity contribution >= 4 is 32.4 Å². The van der Waals surface area contributed by atoms with Crippen molar-refractivity contribution < 1.29 is 13.7 Å². The minimum absolute atomic E-state index is 0.0101. The van der Waals surface area contributed by atoms with E-state index in [4.69, 9.17) is 0 Å². The number of fused-ring (bicyclic) bond motifs is 1. The summed E-state index contributed by atoms with van der Waals surface area (Å²) >= 11 is 1.31. The minimum atomic E-state index is -0.893. The van der Waals surface area contributed by atoms with Gasteiger partial charge in [-0.1, -0.05) is 17.4 Å². The van der Waals surface area contributed by atoms with Gasteiger partial charge in [0.25, 0.3) is 5.69 Å². The smallest absolute Gasteiger partial charge is 0.270 e. The molecular weight excluding hydrogens is 324 g/mol. The van der Waals surface area contributed by atoms with E-state index in [1.807, 2.05) is 0 Å². The van der Waals surface area contributed by atoms with E-state index in [2.05, 4.69) is 4.98 Å². The molecule has 0 spiro atoms. The second-order valence-corrected chi connectivity index (χ2v) is 6.02. The van der Waals surface area contributed by atoms with Crippen LogP contribution in [0.5, 0.6) is 0 Å². The Morgan fingerprint density at radius 3 is 2.70 bits per heavy atom. The van der Waals surface area contributed by atoms with Crippen molar-refractivity contribution in [3.63, 3.8) is 0 Å². The Hall–Kier alpha value is -2.61. The molecule has 0 aliphatic rings. The number of non-ortho nitro benzene ring substituents is 1. The van der Waals surface area contributed by atoms with Crippen LogP contribution in [0.15, 0.2) is 36.4 Å². The number of nitro groups is 1. The van der Waals surface area contributed by atoms with Crippen LogP contribution in [0, 0.1) is 21.7 Å². The molecule has 0 unspecified atom stereocenters. The van der Waals surface area contributed by atoms with Crippen LogP contribution in [0.4, 0.5) is 19.6 Å². The highest BCUT2D eigenvalue weighted by atomic mass is 32.1. The van der Waals surface area contributed by atoms with Gasteiger partial charge >= 0.3 is 0 Å². The maximum absolute atomic E-state index is 13.2. The number of aromatic nitrogens is 1. The first-order chi connectivity index (χ1) is 10.9. The minimum Gasteiger partial charge on any atom is -0.347 e. The van der Waals surface area contributed by atoms with Gasteiger partial charge in [-0.2, -0.15) is 0 Å². The quantitative estimate of drug-likeness (QED) is 0.531. The van der Waals surface area contributed by atoms with E-state index in [0.29, 0.717) is 27.5 Å². The highest BCUT2D eigenvalue weighted by Gasteiger charge is 2.13. The first kappa shape index (κ1) is 15.3. The number of hydrogen-bond acceptors (Lipinski definition) is 5. The number of rotatable bonds is 4. The van der Waals surface area contributed by atoms with Crippen molar-refractivity contribution in [2.24, 2.45) is 0 Å². The normalized spacial score (nSPS) is 10.9. The van der Waals surface area contributed by atoms with E-state index >= 15 is 0 Å². The number of thiazole rings is 1. The summed E-state index contributed by atoms with van der Waals surface area (Å²) < 4.78 is 26.9.